The number of nitrogens with one attached hydrogen (secondary N) is 8. The van der Waals surface area contributed by atoms with Gasteiger partial charge in [0, 0.05) is 48.3 Å². The molecule has 0 heterocycles. The minimum absolute atomic E-state index is 0.0923. The van der Waals surface area contributed by atoms with E-state index < -0.39 is 23.9 Å². The van der Waals surface area contributed by atoms with E-state index >= 15 is 0 Å². The average molecular weight is 1190 g/mol. The number of esters is 4. The first-order valence-corrected chi connectivity index (χ1v) is 30.4. The summed E-state index contributed by atoms with van der Waals surface area (Å²) in [7, 11) is 0. The highest BCUT2D eigenvalue weighted by atomic mass is 16.5. The lowest BCUT2D eigenvalue weighted by Gasteiger charge is -2.30. The summed E-state index contributed by atoms with van der Waals surface area (Å²) in [5.74, 6) is 1.58. The number of hydrogen-bond acceptors (Lipinski definition) is 12. The van der Waals surface area contributed by atoms with Crippen LogP contribution in [0.1, 0.15) is 118 Å². The van der Waals surface area contributed by atoms with Gasteiger partial charge in [0.1, 0.15) is 26.4 Å². The van der Waals surface area contributed by atoms with Crippen molar-refractivity contribution in [2.75, 3.05) is 77.6 Å². The highest BCUT2D eigenvalue weighted by molar-refractivity contribution is 6.26. The lowest BCUT2D eigenvalue weighted by molar-refractivity contribution is -0.139. The minimum Gasteiger partial charge on any atom is -0.461 e. The lowest BCUT2D eigenvalue weighted by Crippen LogP contribution is -2.40. The van der Waals surface area contributed by atoms with Gasteiger partial charge in [0.25, 0.3) is 0 Å². The van der Waals surface area contributed by atoms with Gasteiger partial charge in [-0.15, -0.1) is 0 Å². The van der Waals surface area contributed by atoms with Crippen molar-refractivity contribution in [2.45, 2.75) is 118 Å². The number of urea groups is 4. The van der Waals surface area contributed by atoms with Crippen LogP contribution >= 0.6 is 0 Å². The Morgan fingerprint density at radius 3 is 1.28 bits per heavy atom. The number of rotatable bonds is 24. The molecule has 20 nitrogen and oxygen atoms in total. The van der Waals surface area contributed by atoms with Crippen molar-refractivity contribution in [3.63, 3.8) is 0 Å². The Morgan fingerprint density at radius 1 is 0.477 bits per heavy atom. The molecule has 86 heavy (non-hydrogen) atoms. The van der Waals surface area contributed by atoms with E-state index in [0.717, 1.165) is 70.9 Å². The van der Waals surface area contributed by atoms with E-state index in [-0.39, 0.29) is 57.1 Å². The number of carbonyl (C=O) groups is 8. The van der Waals surface area contributed by atoms with E-state index in [1.54, 1.807) is 13.8 Å². The zero-order valence-corrected chi connectivity index (χ0v) is 51.1. The molecule has 3 saturated carbocycles. The van der Waals surface area contributed by atoms with Crippen LogP contribution in [0.25, 0.3) is 32.3 Å². The van der Waals surface area contributed by atoms with Crippen molar-refractivity contribution in [1.29, 1.82) is 0 Å². The molecule has 0 aromatic heterocycles. The highest BCUT2D eigenvalue weighted by Gasteiger charge is 2.24. The number of benzene rings is 4. The Balaban J connectivity index is 0.000000249. The van der Waals surface area contributed by atoms with Crippen molar-refractivity contribution in [2.24, 2.45) is 29.6 Å². The number of carbonyl (C=O) groups excluding carboxylic acids is 8. The maximum atomic E-state index is 12.3. The third-order valence-electron chi connectivity index (χ3n) is 15.2. The Kier molecular flexibility index (Phi) is 32.3. The van der Waals surface area contributed by atoms with Crippen molar-refractivity contribution >= 4 is 86.0 Å². The predicted molar refractivity (Wildman–Crippen MR) is 339 cm³/mol. The number of ether oxygens (including phenoxy) is 4. The average Bonchev–Trinajstić information content (AvgIpc) is 2.23. The molecule has 0 bridgehead atoms. The number of hydrogen-bond donors (Lipinski definition) is 8. The van der Waals surface area contributed by atoms with Crippen LogP contribution in [-0.4, -0.2) is 120 Å². The molecular weight excluding hydrogens is 1100 g/mol. The van der Waals surface area contributed by atoms with Crippen molar-refractivity contribution in [3.8, 4) is 0 Å². The van der Waals surface area contributed by atoms with E-state index in [1.807, 2.05) is 30.3 Å². The van der Waals surface area contributed by atoms with Crippen LogP contribution in [0, 0.1) is 29.6 Å². The molecule has 3 aliphatic rings. The summed E-state index contributed by atoms with van der Waals surface area (Å²) >= 11 is 0. The largest absolute Gasteiger partial charge is 0.461 e. The summed E-state index contributed by atoms with van der Waals surface area (Å²) in [6, 6.07) is 17.5. The van der Waals surface area contributed by atoms with Gasteiger partial charge in [-0.2, -0.15) is 0 Å². The van der Waals surface area contributed by atoms with Crippen LogP contribution in [0.15, 0.2) is 104 Å². The highest BCUT2D eigenvalue weighted by Crippen LogP contribution is 2.38. The molecule has 0 saturated heterocycles. The maximum Gasteiger partial charge on any atom is 0.333 e. The molecule has 7 rings (SSSR count). The van der Waals surface area contributed by atoms with Crippen LogP contribution in [0.3, 0.4) is 0 Å². The third-order valence-corrected chi connectivity index (χ3v) is 15.2. The molecule has 4 aromatic carbocycles. The fraction of sp³-hybridized carbons (Fsp3) is 0.515. The predicted octanol–water partition coefficient (Wildman–Crippen LogP) is 10.9. The quantitative estimate of drug-likeness (QED) is 0.0107. The van der Waals surface area contributed by atoms with Gasteiger partial charge in [-0.05, 0) is 128 Å². The van der Waals surface area contributed by atoms with E-state index in [9.17, 15) is 38.4 Å². The van der Waals surface area contributed by atoms with Crippen molar-refractivity contribution < 1.29 is 57.3 Å². The summed E-state index contributed by atoms with van der Waals surface area (Å²) in [5, 5.41) is 28.9. The second kappa shape index (κ2) is 39.5. The van der Waals surface area contributed by atoms with E-state index in [0.29, 0.717) is 48.5 Å². The molecule has 0 aliphatic heterocycles. The topological polar surface area (TPSA) is 270 Å². The van der Waals surface area contributed by atoms with E-state index in [2.05, 4.69) is 107 Å². The maximum absolute atomic E-state index is 12.3. The van der Waals surface area contributed by atoms with Gasteiger partial charge in [0.05, 0.1) is 31.9 Å². The van der Waals surface area contributed by atoms with E-state index in [4.69, 9.17) is 18.9 Å². The van der Waals surface area contributed by atoms with Crippen LogP contribution in [0.4, 0.5) is 24.9 Å². The zero-order valence-electron chi connectivity index (χ0n) is 51.1. The van der Waals surface area contributed by atoms with Crippen LogP contribution < -0.4 is 42.5 Å². The summed E-state index contributed by atoms with van der Waals surface area (Å²) in [4.78, 5) is 90.8. The monoisotopic (exact) mass is 1190 g/mol. The minimum atomic E-state index is -0.511. The first-order valence-electron chi connectivity index (χ1n) is 30.4. The Morgan fingerprint density at radius 2 is 0.860 bits per heavy atom. The first kappa shape index (κ1) is 70.3. The molecular formula is C66H94N8O12. The third kappa shape index (κ3) is 26.8. The summed E-state index contributed by atoms with van der Waals surface area (Å²) in [6.45, 7) is 25.3. The molecule has 0 unspecified atom stereocenters. The molecule has 8 N–H and O–H groups in total. The molecule has 0 radical (unpaired) electrons. The number of anilines is 1. The summed E-state index contributed by atoms with van der Waals surface area (Å²) < 4.78 is 19.4. The molecule has 0 spiro atoms. The smallest absolute Gasteiger partial charge is 0.333 e. The van der Waals surface area contributed by atoms with Crippen molar-refractivity contribution in [1.82, 2.24) is 37.2 Å². The molecule has 3 fully saturated rings. The Bertz CT molecular complexity index is 2850. The first-order chi connectivity index (χ1) is 41.4. The van der Waals surface area contributed by atoms with Gasteiger partial charge in [-0.3, -0.25) is 0 Å². The Labute approximate surface area is 507 Å². The Hall–Kier alpha value is -8.16. The molecule has 4 aromatic rings. The van der Waals surface area contributed by atoms with Gasteiger partial charge in [-0.25, -0.2) is 38.4 Å². The summed E-state index contributed by atoms with van der Waals surface area (Å²) in [6.07, 6.45) is 19.6. The van der Waals surface area contributed by atoms with Crippen molar-refractivity contribution in [3.05, 3.63) is 104 Å². The lowest BCUT2D eigenvalue weighted by atomic mass is 9.77. The van der Waals surface area contributed by atoms with Gasteiger partial charge < -0.3 is 61.5 Å². The fourth-order valence-corrected chi connectivity index (χ4v) is 10.4. The van der Waals surface area contributed by atoms with Crippen LogP contribution in [0.2, 0.25) is 0 Å². The van der Waals surface area contributed by atoms with Gasteiger partial charge in [0.2, 0.25) is 0 Å². The molecule has 20 heteroatoms. The fourth-order valence-electron chi connectivity index (χ4n) is 10.4. The summed E-state index contributed by atoms with van der Waals surface area (Å²) in [5.41, 5.74) is 1.47. The van der Waals surface area contributed by atoms with Crippen LogP contribution in [0.5, 0.6) is 0 Å². The van der Waals surface area contributed by atoms with Gasteiger partial charge >= 0.3 is 48.0 Å². The number of amides is 8. The molecule has 470 valence electrons. The van der Waals surface area contributed by atoms with E-state index in [1.165, 1.54) is 101 Å². The molecule has 8 amide bonds. The van der Waals surface area contributed by atoms with Crippen LogP contribution in [-0.2, 0) is 38.1 Å². The zero-order chi connectivity index (χ0) is 62.6. The standard InChI is InChI=1S/C22H18N2O3.C17H30N2O3.C14H24N2O3.C13H22N2O3/c1-2-19(25)27-12-11-23-22(26)24-18-13-16-7-3-5-14-9-10-15-6-4-8-17(18)21(15)20(14)16;1-12(2)15-7-5-14(6-8-15)11-19-17(21)18-9-10-22-16(20)13(3)4;1-11(2)13(17)19-9-8-15-14(18)16-10-12-6-4-3-5-7-12;1-2-12(16)18-9-8-14-13(17)15-10-11-6-4-3-5-7-11/h2-10,13H,1,11-12H2,(H2,23,24,26);12,14-15H,3,5-11H2,1-2,4H3,(H2,18,19,21);12H,1,3-10H2,2H3,(H2,15,16,18);2,11H,1,3-10H2,(H2,14,15,17). The molecule has 0 atom stereocenters. The second-order valence-electron chi connectivity index (χ2n) is 22.4. The molecule has 3 aliphatic carbocycles. The van der Waals surface area contributed by atoms with Gasteiger partial charge in [-0.1, -0.05) is 127 Å². The SMILES string of the molecule is C=C(C)C(=O)OCCNC(=O)NCC1CCC(C(C)C)CC1.C=C(C)C(=O)OCCNC(=O)NCC1CCCCC1.C=CC(=O)OCCNC(=O)NCC1CCCCC1.C=CC(=O)OCCNC(=O)Nc1cc2cccc3ccc4cccc1c4c32. The second-order valence-corrected chi connectivity index (χ2v) is 22.4. The van der Waals surface area contributed by atoms with Gasteiger partial charge in [0.15, 0.2) is 0 Å². The normalized spacial score (nSPS) is 15.6.